The Kier molecular flexibility index (Phi) is 2.90. The number of hydrogen-bond acceptors (Lipinski definition) is 3. The van der Waals surface area contributed by atoms with E-state index >= 15 is 0 Å². The lowest BCUT2D eigenvalue weighted by Crippen LogP contribution is -1.97. The van der Waals surface area contributed by atoms with E-state index in [2.05, 4.69) is 31.9 Å². The Morgan fingerprint density at radius 1 is 1.29 bits per heavy atom. The van der Waals surface area contributed by atoms with Crippen LogP contribution in [0.4, 0.5) is 0 Å². The molecule has 0 N–H and O–H groups in total. The van der Waals surface area contributed by atoms with E-state index in [1.807, 2.05) is 5.38 Å². The van der Waals surface area contributed by atoms with E-state index in [1.165, 1.54) is 11.3 Å². The average molecular weight is 336 g/mol. The second-order valence-electron chi connectivity index (χ2n) is 2.57. The molecule has 0 spiro atoms. The number of thiophene rings is 1. The van der Waals surface area contributed by atoms with E-state index in [0.717, 1.165) is 4.47 Å². The van der Waals surface area contributed by atoms with Gasteiger partial charge in [0.1, 0.15) is 0 Å². The molecule has 0 aliphatic carbocycles. The van der Waals surface area contributed by atoms with Crippen LogP contribution >= 0.6 is 43.2 Å². The van der Waals surface area contributed by atoms with Gasteiger partial charge in [-0.2, -0.15) is 11.3 Å². The third-order valence-corrected chi connectivity index (χ3v) is 3.79. The molecule has 2 nitrogen and oxygen atoms in total. The zero-order valence-corrected chi connectivity index (χ0v) is 10.8. The molecule has 0 aromatic carbocycles. The predicted molar refractivity (Wildman–Crippen MR) is 61.9 cm³/mol. The number of hydrogen-bond donors (Lipinski definition) is 0. The van der Waals surface area contributed by atoms with Gasteiger partial charge in [-0.3, -0.25) is 4.79 Å². The Labute approximate surface area is 101 Å². The molecule has 0 unspecified atom stereocenters. The molecule has 72 valence electrons. The van der Waals surface area contributed by atoms with Crippen molar-refractivity contribution in [3.63, 3.8) is 0 Å². The highest BCUT2D eigenvalue weighted by Gasteiger charge is 2.16. The van der Waals surface area contributed by atoms with Gasteiger partial charge in [-0.25, -0.2) is 0 Å². The van der Waals surface area contributed by atoms with Crippen molar-refractivity contribution in [2.75, 3.05) is 0 Å². The van der Waals surface area contributed by atoms with Crippen LogP contribution in [-0.2, 0) is 0 Å². The van der Waals surface area contributed by atoms with Crippen LogP contribution in [0.3, 0.4) is 0 Å². The highest BCUT2D eigenvalue weighted by atomic mass is 79.9. The van der Waals surface area contributed by atoms with Gasteiger partial charge in [-0.05, 0) is 44.0 Å². The molecular formula is C9H4Br2O2S. The van der Waals surface area contributed by atoms with E-state index in [4.69, 9.17) is 4.42 Å². The van der Waals surface area contributed by atoms with Gasteiger partial charge < -0.3 is 4.42 Å². The van der Waals surface area contributed by atoms with Crippen molar-refractivity contribution < 1.29 is 9.21 Å². The fourth-order valence-corrected chi connectivity index (χ4v) is 2.77. The van der Waals surface area contributed by atoms with Crippen molar-refractivity contribution in [1.82, 2.24) is 0 Å². The highest BCUT2D eigenvalue weighted by Crippen LogP contribution is 2.25. The van der Waals surface area contributed by atoms with E-state index < -0.39 is 0 Å². The maximum atomic E-state index is 11.8. The molecule has 14 heavy (non-hydrogen) atoms. The van der Waals surface area contributed by atoms with Crippen molar-refractivity contribution >= 4 is 49.0 Å². The molecule has 2 aromatic rings. The van der Waals surface area contributed by atoms with Gasteiger partial charge in [0.25, 0.3) is 0 Å². The minimum absolute atomic E-state index is 0.108. The van der Waals surface area contributed by atoms with Crippen LogP contribution in [0.5, 0.6) is 0 Å². The molecule has 0 fully saturated rings. The SMILES string of the molecule is O=C(c1ccc(Br)o1)c1cscc1Br. The summed E-state index contributed by atoms with van der Waals surface area (Å²) in [6.45, 7) is 0. The van der Waals surface area contributed by atoms with E-state index in [9.17, 15) is 4.79 Å². The van der Waals surface area contributed by atoms with Gasteiger partial charge in [0.2, 0.25) is 5.78 Å². The zero-order valence-electron chi connectivity index (χ0n) is 6.79. The van der Waals surface area contributed by atoms with Gasteiger partial charge in [-0.15, -0.1) is 0 Å². The minimum atomic E-state index is -0.108. The molecule has 0 amide bonds. The smallest absolute Gasteiger partial charge is 0.230 e. The monoisotopic (exact) mass is 334 g/mol. The van der Waals surface area contributed by atoms with Crippen molar-refractivity contribution in [2.24, 2.45) is 0 Å². The largest absolute Gasteiger partial charge is 0.446 e. The van der Waals surface area contributed by atoms with Crippen LogP contribution in [0.15, 0.2) is 36.5 Å². The van der Waals surface area contributed by atoms with Crippen LogP contribution in [0.1, 0.15) is 16.1 Å². The normalized spacial score (nSPS) is 10.4. The molecule has 0 radical (unpaired) electrons. The highest BCUT2D eigenvalue weighted by molar-refractivity contribution is 9.10. The lowest BCUT2D eigenvalue weighted by molar-refractivity contribution is 0.101. The van der Waals surface area contributed by atoms with E-state index in [0.29, 0.717) is 16.0 Å². The van der Waals surface area contributed by atoms with Crippen LogP contribution in [0, 0.1) is 0 Å². The number of furan rings is 1. The molecule has 0 saturated carbocycles. The van der Waals surface area contributed by atoms with Crippen molar-refractivity contribution in [3.8, 4) is 0 Å². The first-order valence-corrected chi connectivity index (χ1v) is 6.23. The van der Waals surface area contributed by atoms with Crippen LogP contribution in [0.25, 0.3) is 0 Å². The van der Waals surface area contributed by atoms with Gasteiger partial charge >= 0.3 is 0 Å². The summed E-state index contributed by atoms with van der Waals surface area (Å²) in [6.07, 6.45) is 0. The fourth-order valence-electron chi connectivity index (χ4n) is 1.01. The molecule has 0 atom stereocenters. The maximum Gasteiger partial charge on any atom is 0.230 e. The Bertz CT molecular complexity index is 473. The summed E-state index contributed by atoms with van der Waals surface area (Å²) >= 11 is 7.94. The number of carbonyl (C=O) groups excluding carboxylic acids is 1. The van der Waals surface area contributed by atoms with E-state index in [1.54, 1.807) is 17.5 Å². The maximum absolute atomic E-state index is 11.8. The summed E-state index contributed by atoms with van der Waals surface area (Å²) in [5.41, 5.74) is 0.636. The Balaban J connectivity index is 2.38. The lowest BCUT2D eigenvalue weighted by atomic mass is 10.2. The molecule has 0 bridgehead atoms. The fraction of sp³-hybridized carbons (Fsp3) is 0. The predicted octanol–water partition coefficient (Wildman–Crippen LogP) is 4.10. The molecule has 2 rings (SSSR count). The number of rotatable bonds is 2. The van der Waals surface area contributed by atoms with Gasteiger partial charge in [0, 0.05) is 15.2 Å². The first-order chi connectivity index (χ1) is 6.68. The lowest BCUT2D eigenvalue weighted by Gasteiger charge is -1.93. The number of ketones is 1. The van der Waals surface area contributed by atoms with Crippen molar-refractivity contribution in [2.45, 2.75) is 0 Å². The number of halogens is 2. The standard InChI is InChI=1S/C9H4Br2O2S/c10-6-4-14-3-5(6)9(12)7-1-2-8(11)13-7/h1-4H. The van der Waals surface area contributed by atoms with Crippen LogP contribution in [-0.4, -0.2) is 5.78 Å². The zero-order chi connectivity index (χ0) is 10.1. The quantitative estimate of drug-likeness (QED) is 0.773. The molecule has 0 aliphatic heterocycles. The van der Waals surface area contributed by atoms with Gasteiger partial charge in [0.05, 0.1) is 5.56 Å². The third kappa shape index (κ3) is 1.85. The van der Waals surface area contributed by atoms with Crippen LogP contribution in [0.2, 0.25) is 0 Å². The third-order valence-electron chi connectivity index (χ3n) is 1.66. The Hall–Kier alpha value is -0.390. The Morgan fingerprint density at radius 3 is 2.57 bits per heavy atom. The number of carbonyl (C=O) groups is 1. The summed E-state index contributed by atoms with van der Waals surface area (Å²) in [5, 5.41) is 3.66. The molecule has 0 saturated heterocycles. The first kappa shape index (κ1) is 10.1. The van der Waals surface area contributed by atoms with E-state index in [-0.39, 0.29) is 5.78 Å². The second kappa shape index (κ2) is 4.00. The summed E-state index contributed by atoms with van der Waals surface area (Å²) in [6, 6.07) is 3.35. The summed E-state index contributed by atoms with van der Waals surface area (Å²) in [4.78, 5) is 11.8. The minimum Gasteiger partial charge on any atom is -0.446 e. The summed E-state index contributed by atoms with van der Waals surface area (Å²) in [7, 11) is 0. The average Bonchev–Trinajstić information content (AvgIpc) is 2.73. The molecule has 0 aliphatic rings. The molecular weight excluding hydrogens is 332 g/mol. The molecule has 2 heterocycles. The van der Waals surface area contributed by atoms with Crippen LogP contribution < -0.4 is 0 Å². The summed E-state index contributed by atoms with van der Waals surface area (Å²) < 4.78 is 6.54. The summed E-state index contributed by atoms with van der Waals surface area (Å²) in [5.74, 6) is 0.236. The second-order valence-corrected chi connectivity index (χ2v) is 4.95. The van der Waals surface area contributed by atoms with Gasteiger partial charge in [-0.1, -0.05) is 0 Å². The molecule has 2 aromatic heterocycles. The van der Waals surface area contributed by atoms with Crippen molar-refractivity contribution in [3.05, 3.63) is 43.4 Å². The van der Waals surface area contributed by atoms with Gasteiger partial charge in [0.15, 0.2) is 10.4 Å². The topological polar surface area (TPSA) is 30.2 Å². The van der Waals surface area contributed by atoms with Crippen molar-refractivity contribution in [1.29, 1.82) is 0 Å². The first-order valence-electron chi connectivity index (χ1n) is 3.70. The Morgan fingerprint density at radius 2 is 2.07 bits per heavy atom. The molecule has 5 heteroatoms.